The summed E-state index contributed by atoms with van der Waals surface area (Å²) >= 11 is 6.31. The maximum absolute atomic E-state index is 12.4. The van der Waals surface area contributed by atoms with E-state index in [1.54, 1.807) is 0 Å². The lowest BCUT2D eigenvalue weighted by Crippen LogP contribution is -2.23. The van der Waals surface area contributed by atoms with Crippen molar-refractivity contribution in [2.24, 2.45) is 0 Å². The maximum atomic E-state index is 12.4. The van der Waals surface area contributed by atoms with Crippen molar-refractivity contribution in [3.8, 4) is 22.5 Å². The number of carbonyl (C=O) groups is 2. The molecule has 37 heavy (non-hydrogen) atoms. The molecule has 1 saturated carbocycles. The first kappa shape index (κ1) is 25.0. The zero-order chi connectivity index (χ0) is 26.0. The third-order valence-electron chi connectivity index (χ3n) is 6.66. The fourth-order valence-electron chi connectivity index (χ4n) is 4.36. The summed E-state index contributed by atoms with van der Waals surface area (Å²) in [5.41, 5.74) is 3.79. The Morgan fingerprint density at radius 1 is 0.946 bits per heavy atom. The molecule has 4 aromatic rings. The van der Waals surface area contributed by atoms with Gasteiger partial charge in [0.25, 0.3) is 0 Å². The van der Waals surface area contributed by atoms with Crippen LogP contribution in [-0.4, -0.2) is 35.1 Å². The Balaban J connectivity index is 1.38. The largest absolute Gasteiger partial charge is 0.465 e. The molecule has 5 rings (SSSR count). The molecule has 2 heterocycles. The molecule has 0 radical (unpaired) electrons. The minimum Gasteiger partial charge on any atom is -0.465 e. The number of rotatable bonds is 9. The zero-order valence-electron chi connectivity index (χ0n) is 20.8. The van der Waals surface area contributed by atoms with Gasteiger partial charge in [-0.15, -0.1) is 0 Å². The van der Waals surface area contributed by atoms with Gasteiger partial charge in [-0.05, 0) is 42.9 Å². The summed E-state index contributed by atoms with van der Waals surface area (Å²) in [4.78, 5) is 33.3. The van der Waals surface area contributed by atoms with E-state index in [4.69, 9.17) is 25.5 Å². The fourth-order valence-corrected chi connectivity index (χ4v) is 4.58. The van der Waals surface area contributed by atoms with Gasteiger partial charge < -0.3 is 13.9 Å². The van der Waals surface area contributed by atoms with E-state index in [1.165, 1.54) is 6.26 Å². The monoisotopic (exact) mass is 518 g/mol. The molecule has 0 N–H and O–H groups in total. The van der Waals surface area contributed by atoms with Crippen LogP contribution in [0.5, 0.6) is 0 Å². The van der Waals surface area contributed by atoms with E-state index in [2.05, 4.69) is 9.97 Å². The highest BCUT2D eigenvalue weighted by Crippen LogP contribution is 2.49. The Hall–Kier alpha value is -3.71. The van der Waals surface area contributed by atoms with Crippen LogP contribution in [0, 0.1) is 0 Å². The van der Waals surface area contributed by atoms with Crippen LogP contribution in [0.25, 0.3) is 33.4 Å². The predicted octanol–water partition coefficient (Wildman–Crippen LogP) is 6.76. The van der Waals surface area contributed by atoms with Gasteiger partial charge >= 0.3 is 11.9 Å². The van der Waals surface area contributed by atoms with Gasteiger partial charge in [0.05, 0.1) is 24.0 Å². The van der Waals surface area contributed by atoms with Crippen LogP contribution in [0.3, 0.4) is 0 Å². The van der Waals surface area contributed by atoms with Crippen molar-refractivity contribution in [2.45, 2.75) is 44.9 Å². The highest BCUT2D eigenvalue weighted by molar-refractivity contribution is 6.34. The third-order valence-corrected chi connectivity index (χ3v) is 6.94. The highest BCUT2D eigenvalue weighted by atomic mass is 35.5. The van der Waals surface area contributed by atoms with Gasteiger partial charge in [0.2, 0.25) is 5.82 Å². The predicted molar refractivity (Wildman–Crippen MR) is 140 cm³/mol. The number of benzene rings is 2. The van der Waals surface area contributed by atoms with Crippen LogP contribution in [0.1, 0.15) is 55.7 Å². The van der Waals surface area contributed by atoms with Gasteiger partial charge in [-0.2, -0.15) is 0 Å². The summed E-state index contributed by atoms with van der Waals surface area (Å²) in [5, 5.41) is 0.660. The number of hydrogen-bond donors (Lipinski definition) is 0. The average molecular weight is 519 g/mol. The Kier molecular flexibility index (Phi) is 6.98. The molecular formula is C29H27ClN2O5. The van der Waals surface area contributed by atoms with Crippen LogP contribution in [0.2, 0.25) is 5.15 Å². The van der Waals surface area contributed by atoms with E-state index in [9.17, 15) is 9.59 Å². The van der Waals surface area contributed by atoms with Gasteiger partial charge in [-0.3, -0.25) is 4.79 Å². The molecule has 0 aliphatic heterocycles. The Labute approximate surface area is 219 Å². The lowest BCUT2D eigenvalue weighted by atomic mass is 9.93. The van der Waals surface area contributed by atoms with E-state index in [0.29, 0.717) is 29.9 Å². The van der Waals surface area contributed by atoms with Crippen molar-refractivity contribution in [3.63, 3.8) is 0 Å². The van der Waals surface area contributed by atoms with Crippen molar-refractivity contribution in [2.75, 3.05) is 13.2 Å². The minimum atomic E-state index is -0.612. The van der Waals surface area contributed by atoms with Gasteiger partial charge in [-0.1, -0.05) is 73.5 Å². The third kappa shape index (κ3) is 4.83. The van der Waals surface area contributed by atoms with Crippen molar-refractivity contribution < 1.29 is 23.5 Å². The lowest BCUT2D eigenvalue weighted by molar-refractivity contribution is -0.146. The molecule has 0 amide bonds. The molecule has 0 atom stereocenters. The lowest BCUT2D eigenvalue weighted by Gasteiger charge is -2.14. The van der Waals surface area contributed by atoms with E-state index < -0.39 is 11.4 Å². The number of unbranched alkanes of at least 4 members (excludes halogenated alkanes) is 1. The van der Waals surface area contributed by atoms with Crippen LogP contribution in [-0.2, 0) is 19.7 Å². The molecule has 0 spiro atoms. The molecule has 2 aromatic carbocycles. The number of furan rings is 1. The normalized spacial score (nSPS) is 13.9. The number of carbonyl (C=O) groups excluding carboxylic acids is 2. The summed E-state index contributed by atoms with van der Waals surface area (Å²) in [5.74, 6) is -0.351. The summed E-state index contributed by atoms with van der Waals surface area (Å²) < 4.78 is 16.3. The van der Waals surface area contributed by atoms with E-state index in [1.807, 2.05) is 62.4 Å². The average Bonchev–Trinajstić information content (AvgIpc) is 3.62. The Bertz CT molecular complexity index is 1440. The van der Waals surface area contributed by atoms with E-state index in [0.717, 1.165) is 47.9 Å². The number of nitrogens with zero attached hydrogens (tertiary/aromatic N) is 2. The number of fused-ring (bicyclic) bond motifs is 1. The first-order valence-electron chi connectivity index (χ1n) is 12.5. The molecule has 2 aromatic heterocycles. The van der Waals surface area contributed by atoms with Crippen molar-refractivity contribution >= 4 is 34.4 Å². The fraction of sp³-hybridized carbons (Fsp3) is 0.310. The van der Waals surface area contributed by atoms with Crippen LogP contribution < -0.4 is 0 Å². The van der Waals surface area contributed by atoms with E-state index >= 15 is 0 Å². The second-order valence-electron chi connectivity index (χ2n) is 9.11. The minimum absolute atomic E-state index is 0.0933. The second kappa shape index (κ2) is 10.3. The quantitative estimate of drug-likeness (QED) is 0.137. The first-order valence-corrected chi connectivity index (χ1v) is 12.8. The highest BCUT2D eigenvalue weighted by Gasteiger charge is 2.52. The smallest absolute Gasteiger partial charge is 0.376 e. The van der Waals surface area contributed by atoms with Gasteiger partial charge in [0, 0.05) is 5.56 Å². The molecule has 0 bridgehead atoms. The van der Waals surface area contributed by atoms with Crippen molar-refractivity contribution in [1.82, 2.24) is 9.97 Å². The van der Waals surface area contributed by atoms with Gasteiger partial charge in [-0.25, -0.2) is 14.8 Å². The van der Waals surface area contributed by atoms with Crippen molar-refractivity contribution in [3.05, 3.63) is 71.3 Å². The summed E-state index contributed by atoms with van der Waals surface area (Å²) in [6.45, 7) is 4.54. The van der Waals surface area contributed by atoms with Gasteiger partial charge in [0.15, 0.2) is 5.76 Å². The number of aromatic nitrogens is 2. The first-order chi connectivity index (χ1) is 18.0. The summed E-state index contributed by atoms with van der Waals surface area (Å²) in [6.07, 6.45) is 4.81. The summed E-state index contributed by atoms with van der Waals surface area (Å²) in [6, 6.07) is 15.9. The molecule has 0 unspecified atom stereocenters. The standard InChI is InChI=1S/C29H27ClN2O5/c1-3-5-16-36-27(33)26-31-23-22(25(30)32-26)17-37-24(23)20-8-6-18(7-9-20)19-10-12-21(13-11-19)29(14-15-29)28(34)35-4-2/h6-13,17H,3-5,14-16H2,1-2H3. The molecule has 1 aliphatic rings. The van der Waals surface area contributed by atoms with Crippen LogP contribution >= 0.6 is 11.6 Å². The SMILES string of the molecule is CCCCOC(=O)c1nc(Cl)c2coc(-c3ccc(-c4ccc(C5(C(=O)OCC)CC5)cc4)cc3)c2n1. The molecule has 190 valence electrons. The number of hydrogen-bond acceptors (Lipinski definition) is 7. The number of esters is 2. The number of ether oxygens (including phenoxy) is 2. The molecule has 7 nitrogen and oxygen atoms in total. The summed E-state index contributed by atoms with van der Waals surface area (Å²) in [7, 11) is 0. The maximum Gasteiger partial charge on any atom is 0.376 e. The van der Waals surface area contributed by atoms with Gasteiger partial charge in [0.1, 0.15) is 16.9 Å². The Morgan fingerprint density at radius 2 is 1.59 bits per heavy atom. The van der Waals surface area contributed by atoms with Crippen molar-refractivity contribution in [1.29, 1.82) is 0 Å². The molecular weight excluding hydrogens is 492 g/mol. The second-order valence-corrected chi connectivity index (χ2v) is 9.47. The molecule has 1 aliphatic carbocycles. The van der Waals surface area contributed by atoms with Crippen LogP contribution in [0.15, 0.2) is 59.2 Å². The number of halogens is 1. The van der Waals surface area contributed by atoms with E-state index in [-0.39, 0.29) is 16.9 Å². The Morgan fingerprint density at radius 3 is 2.22 bits per heavy atom. The zero-order valence-corrected chi connectivity index (χ0v) is 21.5. The molecule has 0 saturated heterocycles. The molecule has 8 heteroatoms. The molecule has 1 fully saturated rings. The van der Waals surface area contributed by atoms with Crippen LogP contribution in [0.4, 0.5) is 0 Å². The topological polar surface area (TPSA) is 91.5 Å².